The van der Waals surface area contributed by atoms with E-state index >= 15 is 0 Å². The van der Waals surface area contributed by atoms with Crippen molar-refractivity contribution in [2.75, 3.05) is 45.0 Å². The lowest BCUT2D eigenvalue weighted by Gasteiger charge is -2.33. The van der Waals surface area contributed by atoms with Crippen LogP contribution in [0.2, 0.25) is 0 Å². The van der Waals surface area contributed by atoms with E-state index in [0.29, 0.717) is 54.9 Å². The smallest absolute Gasteiger partial charge is 0.229 e. The SMILES string of the molecule is C=C1NC(=O)C/C1=C\c1cnn2c(NCCOC)nc(NC3CCC(N(C)C)CC3)nc12. The Balaban J connectivity index is 1.61. The summed E-state index contributed by atoms with van der Waals surface area (Å²) in [5, 5.41) is 14.0. The van der Waals surface area contributed by atoms with Crippen molar-refractivity contribution >= 4 is 29.5 Å². The minimum atomic E-state index is -0.0510. The third kappa shape index (κ3) is 4.91. The van der Waals surface area contributed by atoms with E-state index in [9.17, 15) is 4.79 Å². The zero-order valence-corrected chi connectivity index (χ0v) is 19.0. The molecular formula is C22H32N8O2. The van der Waals surface area contributed by atoms with Gasteiger partial charge in [0.25, 0.3) is 0 Å². The average molecular weight is 441 g/mol. The molecule has 0 spiro atoms. The summed E-state index contributed by atoms with van der Waals surface area (Å²) in [5.74, 6) is 1.12. The van der Waals surface area contributed by atoms with Crippen LogP contribution in [0.25, 0.3) is 11.7 Å². The van der Waals surface area contributed by atoms with Gasteiger partial charge in [0, 0.05) is 37.0 Å². The van der Waals surface area contributed by atoms with E-state index in [0.717, 1.165) is 36.8 Å². The summed E-state index contributed by atoms with van der Waals surface area (Å²) in [5.41, 5.74) is 2.95. The predicted molar refractivity (Wildman–Crippen MR) is 124 cm³/mol. The van der Waals surface area contributed by atoms with Crippen molar-refractivity contribution in [1.29, 1.82) is 0 Å². The van der Waals surface area contributed by atoms with Crippen LogP contribution < -0.4 is 16.0 Å². The van der Waals surface area contributed by atoms with Crippen LogP contribution in [0.15, 0.2) is 24.0 Å². The molecule has 0 bridgehead atoms. The Kier molecular flexibility index (Phi) is 6.71. The molecule has 0 radical (unpaired) electrons. The first-order valence-electron chi connectivity index (χ1n) is 11.1. The van der Waals surface area contributed by atoms with E-state index < -0.39 is 0 Å². The molecule has 10 nitrogen and oxygen atoms in total. The van der Waals surface area contributed by atoms with E-state index in [1.54, 1.807) is 17.8 Å². The quantitative estimate of drug-likeness (QED) is 0.534. The molecule has 2 fully saturated rings. The third-order valence-corrected chi connectivity index (χ3v) is 6.10. The third-order valence-electron chi connectivity index (χ3n) is 6.10. The molecule has 0 unspecified atom stereocenters. The maximum atomic E-state index is 11.7. The largest absolute Gasteiger partial charge is 0.383 e. The lowest BCUT2D eigenvalue weighted by molar-refractivity contribution is -0.118. The number of aromatic nitrogens is 4. The first-order valence-corrected chi connectivity index (χ1v) is 11.1. The van der Waals surface area contributed by atoms with Gasteiger partial charge in [0.05, 0.1) is 19.2 Å². The van der Waals surface area contributed by atoms with E-state index in [2.05, 4.69) is 51.6 Å². The molecule has 1 amide bonds. The highest BCUT2D eigenvalue weighted by Gasteiger charge is 2.24. The van der Waals surface area contributed by atoms with Crippen molar-refractivity contribution in [3.8, 4) is 0 Å². The summed E-state index contributed by atoms with van der Waals surface area (Å²) in [6.07, 6.45) is 8.42. The molecule has 0 aromatic carbocycles. The maximum Gasteiger partial charge on any atom is 0.229 e. The summed E-state index contributed by atoms with van der Waals surface area (Å²) in [4.78, 5) is 23.5. The topological polar surface area (TPSA) is 109 Å². The standard InChI is InChI=1S/C22H32N8O2/c1-14-15(12-19(31)25-14)11-16-13-24-30-20(16)27-21(28-22(30)23-9-10-32-4)26-17-5-7-18(8-6-17)29(2)3/h11,13,17-18H,1,5-10,12H2,2-4H3,(H,25,31)(H2,23,26,27,28)/b15-11+. The molecule has 4 rings (SSSR count). The van der Waals surface area contributed by atoms with Crippen LogP contribution in [0.5, 0.6) is 0 Å². The molecule has 2 aromatic heterocycles. The number of anilines is 2. The number of amides is 1. The fraction of sp³-hybridized carbons (Fsp3) is 0.545. The van der Waals surface area contributed by atoms with Gasteiger partial charge in [-0.1, -0.05) is 6.58 Å². The molecular weight excluding hydrogens is 408 g/mol. The number of allylic oxidation sites excluding steroid dienone is 1. The Labute approximate surface area is 188 Å². The van der Waals surface area contributed by atoms with Gasteiger partial charge >= 0.3 is 0 Å². The van der Waals surface area contributed by atoms with Crippen LogP contribution in [0, 0.1) is 0 Å². The van der Waals surface area contributed by atoms with Crippen LogP contribution in [0.4, 0.5) is 11.9 Å². The van der Waals surface area contributed by atoms with Gasteiger partial charge < -0.3 is 25.6 Å². The van der Waals surface area contributed by atoms with Crippen molar-refractivity contribution in [2.45, 2.75) is 44.2 Å². The van der Waals surface area contributed by atoms with E-state index in [1.165, 1.54) is 0 Å². The molecule has 1 aliphatic heterocycles. The highest BCUT2D eigenvalue weighted by atomic mass is 16.5. The van der Waals surface area contributed by atoms with E-state index in [1.807, 2.05) is 6.08 Å². The molecule has 1 saturated carbocycles. The second kappa shape index (κ2) is 9.66. The molecule has 3 heterocycles. The van der Waals surface area contributed by atoms with Crippen LogP contribution in [0.3, 0.4) is 0 Å². The number of nitrogens with zero attached hydrogens (tertiary/aromatic N) is 5. The second-order valence-electron chi connectivity index (χ2n) is 8.61. The van der Waals surface area contributed by atoms with Crippen LogP contribution in [0.1, 0.15) is 37.7 Å². The average Bonchev–Trinajstić information content (AvgIpc) is 3.31. The summed E-state index contributed by atoms with van der Waals surface area (Å²) < 4.78 is 6.84. The van der Waals surface area contributed by atoms with Gasteiger partial charge in [-0.05, 0) is 51.4 Å². The summed E-state index contributed by atoms with van der Waals surface area (Å²) >= 11 is 0. The van der Waals surface area contributed by atoms with Crippen molar-refractivity contribution in [1.82, 2.24) is 29.8 Å². The Hall–Kier alpha value is -2.98. The predicted octanol–water partition coefficient (Wildman–Crippen LogP) is 1.88. The molecule has 0 atom stereocenters. The highest BCUT2D eigenvalue weighted by Crippen LogP contribution is 2.26. The fourth-order valence-electron chi connectivity index (χ4n) is 4.26. The van der Waals surface area contributed by atoms with Crippen molar-refractivity contribution in [3.05, 3.63) is 29.6 Å². The minimum Gasteiger partial charge on any atom is -0.383 e. The molecule has 2 aromatic rings. The number of nitrogens with one attached hydrogen (secondary N) is 3. The zero-order valence-electron chi connectivity index (χ0n) is 19.0. The van der Waals surface area contributed by atoms with Gasteiger partial charge in [0.1, 0.15) is 0 Å². The van der Waals surface area contributed by atoms with Crippen molar-refractivity contribution in [3.63, 3.8) is 0 Å². The summed E-state index contributed by atoms with van der Waals surface area (Å²) in [6.45, 7) is 5.07. The molecule has 1 saturated heterocycles. The van der Waals surface area contributed by atoms with Crippen LogP contribution >= 0.6 is 0 Å². The Morgan fingerprint density at radius 3 is 2.75 bits per heavy atom. The van der Waals surface area contributed by atoms with E-state index in [4.69, 9.17) is 9.72 Å². The summed E-state index contributed by atoms with van der Waals surface area (Å²) in [7, 11) is 5.95. The number of rotatable bonds is 8. The zero-order chi connectivity index (χ0) is 22.7. The molecule has 172 valence electrons. The number of methoxy groups -OCH3 is 1. The lowest BCUT2D eigenvalue weighted by Crippen LogP contribution is -2.36. The van der Waals surface area contributed by atoms with E-state index in [-0.39, 0.29) is 5.91 Å². The van der Waals surface area contributed by atoms with Gasteiger partial charge in [0.15, 0.2) is 5.65 Å². The Bertz CT molecular complexity index is 1020. The Morgan fingerprint density at radius 1 is 1.31 bits per heavy atom. The number of hydrogen-bond acceptors (Lipinski definition) is 8. The lowest BCUT2D eigenvalue weighted by atomic mass is 9.91. The molecule has 3 N–H and O–H groups in total. The summed E-state index contributed by atoms with van der Waals surface area (Å²) in [6, 6.07) is 0.966. The van der Waals surface area contributed by atoms with Gasteiger partial charge in [0.2, 0.25) is 17.8 Å². The first-order chi connectivity index (χ1) is 15.4. The number of ether oxygens (including phenoxy) is 1. The molecule has 2 aliphatic rings. The van der Waals surface area contributed by atoms with Crippen LogP contribution in [-0.2, 0) is 9.53 Å². The molecule has 10 heteroatoms. The monoisotopic (exact) mass is 440 g/mol. The van der Waals surface area contributed by atoms with Crippen LogP contribution in [-0.4, -0.2) is 76.8 Å². The van der Waals surface area contributed by atoms with Gasteiger partial charge in [-0.15, -0.1) is 0 Å². The van der Waals surface area contributed by atoms with Gasteiger partial charge in [-0.25, -0.2) is 0 Å². The number of fused-ring (bicyclic) bond motifs is 1. The minimum absolute atomic E-state index is 0.0510. The fourth-order valence-corrected chi connectivity index (χ4v) is 4.26. The first kappa shape index (κ1) is 22.2. The molecule has 1 aliphatic carbocycles. The number of carbonyl (C=O) groups is 1. The highest BCUT2D eigenvalue weighted by molar-refractivity contribution is 5.89. The molecule has 32 heavy (non-hydrogen) atoms. The normalized spacial score (nSPS) is 22.7. The number of carbonyl (C=O) groups excluding carboxylic acids is 1. The number of hydrogen-bond donors (Lipinski definition) is 3. The Morgan fingerprint density at radius 2 is 2.09 bits per heavy atom. The van der Waals surface area contributed by atoms with Crippen molar-refractivity contribution < 1.29 is 9.53 Å². The maximum absolute atomic E-state index is 11.7. The van der Waals surface area contributed by atoms with Crippen molar-refractivity contribution in [2.24, 2.45) is 0 Å². The van der Waals surface area contributed by atoms with Gasteiger partial charge in [-0.2, -0.15) is 19.6 Å². The second-order valence-corrected chi connectivity index (χ2v) is 8.61. The van der Waals surface area contributed by atoms with Gasteiger partial charge in [-0.3, -0.25) is 4.79 Å².